The Kier molecular flexibility index (Phi) is 4.39. The van der Waals surface area contributed by atoms with Crippen LogP contribution in [0.3, 0.4) is 0 Å². The maximum Gasteiger partial charge on any atom is 0.339 e. The molecule has 1 atom stereocenters. The van der Waals surface area contributed by atoms with Crippen molar-refractivity contribution in [3.63, 3.8) is 0 Å². The minimum atomic E-state index is -3.27. The summed E-state index contributed by atoms with van der Waals surface area (Å²) in [5.41, 5.74) is 2.73. The molecule has 0 saturated heterocycles. The molecule has 1 heterocycles. The van der Waals surface area contributed by atoms with Gasteiger partial charge in [0.25, 0.3) is 0 Å². The molecule has 1 aliphatic heterocycles. The Morgan fingerprint density at radius 3 is 2.04 bits per heavy atom. The van der Waals surface area contributed by atoms with Gasteiger partial charge in [0.15, 0.2) is 9.84 Å². The van der Waals surface area contributed by atoms with Crippen molar-refractivity contribution >= 4 is 27.0 Å². The van der Waals surface area contributed by atoms with Gasteiger partial charge in [-0.25, -0.2) is 13.2 Å². The van der Waals surface area contributed by atoms with Gasteiger partial charge in [-0.1, -0.05) is 24.3 Å². The van der Waals surface area contributed by atoms with E-state index in [1.807, 2.05) is 0 Å². The molecule has 0 bridgehead atoms. The summed E-state index contributed by atoms with van der Waals surface area (Å²) in [7, 11) is -1.69. The van der Waals surface area contributed by atoms with Crippen molar-refractivity contribution in [3.8, 4) is 5.75 Å². The first-order valence-electron chi connectivity index (χ1n) is 7.71. The van der Waals surface area contributed by atoms with E-state index >= 15 is 0 Å². The van der Waals surface area contributed by atoms with Gasteiger partial charge in [-0.05, 0) is 42.3 Å². The third-order valence-corrected chi connectivity index (χ3v) is 5.26. The summed E-state index contributed by atoms with van der Waals surface area (Å²) in [6, 6.07) is 13.7. The van der Waals surface area contributed by atoms with Gasteiger partial charge in [0, 0.05) is 11.8 Å². The number of rotatable bonds is 4. The van der Waals surface area contributed by atoms with Crippen LogP contribution in [-0.4, -0.2) is 33.9 Å². The third-order valence-electron chi connectivity index (χ3n) is 4.14. The second kappa shape index (κ2) is 6.37. The van der Waals surface area contributed by atoms with Gasteiger partial charge in [-0.3, -0.25) is 0 Å². The Morgan fingerprint density at radius 1 is 0.960 bits per heavy atom. The predicted octanol–water partition coefficient (Wildman–Crippen LogP) is 2.95. The van der Waals surface area contributed by atoms with Gasteiger partial charge >= 0.3 is 5.97 Å². The first kappa shape index (κ1) is 17.2. The van der Waals surface area contributed by atoms with Crippen molar-refractivity contribution in [1.29, 1.82) is 0 Å². The zero-order chi connectivity index (χ0) is 18.2. The van der Waals surface area contributed by atoms with Crippen molar-refractivity contribution in [2.45, 2.75) is 17.9 Å². The number of hydrogen-bond acceptors (Lipinski definition) is 5. The number of carbonyl (C=O) groups is 1. The standard InChI is InChI=1S/C19H18O5S/c1-12-17(13-6-10-16(11-7-13)25(3,21)22)18(19(20)24-12)14-4-8-15(23-2)9-5-14/h4-12H,1-3H3. The summed E-state index contributed by atoms with van der Waals surface area (Å²) in [5, 5.41) is 0. The molecule has 6 heteroatoms. The van der Waals surface area contributed by atoms with Crippen LogP contribution in [0.2, 0.25) is 0 Å². The first-order chi connectivity index (χ1) is 11.8. The van der Waals surface area contributed by atoms with Crippen molar-refractivity contribution < 1.29 is 22.7 Å². The monoisotopic (exact) mass is 358 g/mol. The van der Waals surface area contributed by atoms with E-state index in [9.17, 15) is 13.2 Å². The molecule has 25 heavy (non-hydrogen) atoms. The van der Waals surface area contributed by atoms with Crippen molar-refractivity contribution in [3.05, 3.63) is 59.7 Å². The molecule has 0 spiro atoms. The van der Waals surface area contributed by atoms with Crippen LogP contribution in [-0.2, 0) is 19.4 Å². The van der Waals surface area contributed by atoms with Crippen molar-refractivity contribution in [2.75, 3.05) is 13.4 Å². The quantitative estimate of drug-likeness (QED) is 0.786. The minimum Gasteiger partial charge on any atom is -0.497 e. The summed E-state index contributed by atoms with van der Waals surface area (Å²) in [6.07, 6.45) is 0.753. The molecular weight excluding hydrogens is 340 g/mol. The van der Waals surface area contributed by atoms with Gasteiger partial charge < -0.3 is 9.47 Å². The highest BCUT2D eigenvalue weighted by molar-refractivity contribution is 7.90. The average Bonchev–Trinajstić information content (AvgIpc) is 2.88. The topological polar surface area (TPSA) is 69.7 Å². The van der Waals surface area contributed by atoms with Crippen LogP contribution in [0.5, 0.6) is 5.75 Å². The molecule has 0 fully saturated rings. The van der Waals surface area contributed by atoms with E-state index in [1.165, 1.54) is 0 Å². The maximum absolute atomic E-state index is 12.3. The number of ether oxygens (including phenoxy) is 2. The van der Waals surface area contributed by atoms with E-state index in [-0.39, 0.29) is 10.9 Å². The zero-order valence-corrected chi connectivity index (χ0v) is 15.0. The molecule has 0 saturated carbocycles. The Morgan fingerprint density at radius 2 is 1.52 bits per heavy atom. The number of benzene rings is 2. The molecule has 3 rings (SSSR count). The van der Waals surface area contributed by atoms with E-state index in [1.54, 1.807) is 62.6 Å². The van der Waals surface area contributed by atoms with Crippen LogP contribution in [0.1, 0.15) is 18.1 Å². The smallest absolute Gasteiger partial charge is 0.339 e. The molecule has 0 radical (unpaired) electrons. The lowest BCUT2D eigenvalue weighted by Crippen LogP contribution is -2.05. The number of esters is 1. The van der Waals surface area contributed by atoms with Crippen LogP contribution < -0.4 is 4.74 Å². The zero-order valence-electron chi connectivity index (χ0n) is 14.1. The lowest BCUT2D eigenvalue weighted by atomic mass is 9.93. The third kappa shape index (κ3) is 3.30. The Hall–Kier alpha value is -2.60. The summed E-state index contributed by atoms with van der Waals surface area (Å²) in [5.74, 6) is 0.308. The van der Waals surface area contributed by atoms with Gasteiger partial charge in [-0.15, -0.1) is 0 Å². The van der Waals surface area contributed by atoms with E-state index in [4.69, 9.17) is 9.47 Å². The number of cyclic esters (lactones) is 1. The molecule has 2 aromatic rings. The summed E-state index contributed by atoms with van der Waals surface area (Å²) in [4.78, 5) is 12.6. The van der Waals surface area contributed by atoms with Crippen molar-refractivity contribution in [1.82, 2.24) is 0 Å². The Bertz CT molecular complexity index is 938. The van der Waals surface area contributed by atoms with Crippen LogP contribution >= 0.6 is 0 Å². The van der Waals surface area contributed by atoms with Gasteiger partial charge in [0.05, 0.1) is 17.6 Å². The van der Waals surface area contributed by atoms with Crippen LogP contribution in [0, 0.1) is 0 Å². The van der Waals surface area contributed by atoms with Crippen LogP contribution in [0.4, 0.5) is 0 Å². The second-order valence-electron chi connectivity index (χ2n) is 5.86. The molecule has 1 unspecified atom stereocenters. The minimum absolute atomic E-state index is 0.237. The molecule has 5 nitrogen and oxygen atoms in total. The highest BCUT2D eigenvalue weighted by atomic mass is 32.2. The molecule has 130 valence electrons. The van der Waals surface area contributed by atoms with Gasteiger partial charge in [0.1, 0.15) is 11.9 Å². The Balaban J connectivity index is 2.11. The fourth-order valence-corrected chi connectivity index (χ4v) is 3.51. The Labute approximate surface area is 146 Å². The summed E-state index contributed by atoms with van der Waals surface area (Å²) >= 11 is 0. The molecule has 0 amide bonds. The fourth-order valence-electron chi connectivity index (χ4n) is 2.88. The van der Waals surface area contributed by atoms with Gasteiger partial charge in [0.2, 0.25) is 0 Å². The van der Waals surface area contributed by atoms with E-state index < -0.39 is 15.9 Å². The normalized spacial score (nSPS) is 17.6. The fraction of sp³-hybridized carbons (Fsp3) is 0.211. The molecule has 0 aliphatic carbocycles. The number of sulfone groups is 1. The number of hydrogen-bond donors (Lipinski definition) is 0. The molecule has 0 aromatic heterocycles. The first-order valence-corrected chi connectivity index (χ1v) is 9.60. The predicted molar refractivity (Wildman–Crippen MR) is 94.9 cm³/mol. The number of methoxy groups -OCH3 is 1. The summed E-state index contributed by atoms with van der Waals surface area (Å²) in [6.45, 7) is 1.80. The summed E-state index contributed by atoms with van der Waals surface area (Å²) < 4.78 is 33.8. The molecule has 1 aliphatic rings. The van der Waals surface area contributed by atoms with E-state index in [0.717, 1.165) is 23.0 Å². The van der Waals surface area contributed by atoms with Crippen LogP contribution in [0.25, 0.3) is 11.1 Å². The average molecular weight is 358 g/mol. The van der Waals surface area contributed by atoms with Crippen molar-refractivity contribution in [2.24, 2.45) is 0 Å². The highest BCUT2D eigenvalue weighted by Gasteiger charge is 2.33. The highest BCUT2D eigenvalue weighted by Crippen LogP contribution is 2.37. The molecule has 0 N–H and O–H groups in total. The number of carbonyl (C=O) groups excluding carboxylic acids is 1. The molecule has 2 aromatic carbocycles. The van der Waals surface area contributed by atoms with E-state index in [0.29, 0.717) is 11.3 Å². The lowest BCUT2D eigenvalue weighted by molar-refractivity contribution is -0.136. The second-order valence-corrected chi connectivity index (χ2v) is 7.88. The molecular formula is C19H18O5S. The van der Waals surface area contributed by atoms with Gasteiger partial charge in [-0.2, -0.15) is 0 Å². The maximum atomic E-state index is 12.3. The largest absolute Gasteiger partial charge is 0.497 e. The SMILES string of the molecule is COc1ccc(C2=C(c3ccc(S(C)(=O)=O)cc3)C(C)OC2=O)cc1. The lowest BCUT2D eigenvalue weighted by Gasteiger charge is -2.10. The van der Waals surface area contributed by atoms with E-state index in [2.05, 4.69) is 0 Å². The van der Waals surface area contributed by atoms with Crippen LogP contribution in [0.15, 0.2) is 53.4 Å².